The zero-order valence-corrected chi connectivity index (χ0v) is 14.2. The molecule has 22 heavy (non-hydrogen) atoms. The van der Waals surface area contributed by atoms with E-state index in [0.717, 1.165) is 42.5 Å². The van der Waals surface area contributed by atoms with Crippen LogP contribution in [0.1, 0.15) is 38.2 Å². The second-order valence-electron chi connectivity index (χ2n) is 5.62. The van der Waals surface area contributed by atoms with Crippen molar-refractivity contribution < 1.29 is 9.57 Å². The molecule has 3 rings (SSSR count). The van der Waals surface area contributed by atoms with Gasteiger partial charge >= 0.3 is 0 Å². The van der Waals surface area contributed by atoms with E-state index < -0.39 is 0 Å². The molecule has 1 aromatic carbocycles. The summed E-state index contributed by atoms with van der Waals surface area (Å²) in [7, 11) is 1.58. The van der Waals surface area contributed by atoms with Crippen molar-refractivity contribution in [3.63, 3.8) is 0 Å². The summed E-state index contributed by atoms with van der Waals surface area (Å²) in [6.07, 6.45) is 4.21. The normalized spacial score (nSPS) is 24.8. The number of ether oxygens (including phenoxy) is 1. The second-order valence-corrected chi connectivity index (χ2v) is 6.44. The summed E-state index contributed by atoms with van der Waals surface area (Å²) in [6, 6.07) is 5.80. The van der Waals surface area contributed by atoms with Crippen molar-refractivity contribution in [1.82, 2.24) is 0 Å². The molecule has 0 amide bonds. The van der Waals surface area contributed by atoms with Gasteiger partial charge in [0, 0.05) is 5.57 Å². The van der Waals surface area contributed by atoms with E-state index in [0.29, 0.717) is 16.1 Å². The van der Waals surface area contributed by atoms with Gasteiger partial charge in [0.25, 0.3) is 0 Å². The number of nitrogens with zero attached hydrogens (tertiary/aromatic N) is 1. The Morgan fingerprint density at radius 2 is 2.14 bits per heavy atom. The van der Waals surface area contributed by atoms with Crippen molar-refractivity contribution in [2.45, 2.75) is 44.8 Å². The van der Waals surface area contributed by atoms with Gasteiger partial charge < -0.3 is 9.57 Å². The molecule has 2 unspecified atom stereocenters. The van der Waals surface area contributed by atoms with Crippen molar-refractivity contribution in [2.75, 3.05) is 7.11 Å². The van der Waals surface area contributed by atoms with Crippen LogP contribution in [0, 0.1) is 0 Å². The highest BCUT2D eigenvalue weighted by Gasteiger charge is 2.37. The predicted octanol–water partition coefficient (Wildman–Crippen LogP) is 5.11. The van der Waals surface area contributed by atoms with Crippen LogP contribution in [-0.2, 0) is 9.57 Å². The average Bonchev–Trinajstić information content (AvgIpc) is 2.90. The van der Waals surface area contributed by atoms with Crippen LogP contribution >= 0.6 is 23.2 Å². The van der Waals surface area contributed by atoms with Gasteiger partial charge in [-0.15, -0.1) is 0 Å². The smallest absolute Gasteiger partial charge is 0.106 e. The molecule has 2 atom stereocenters. The maximum Gasteiger partial charge on any atom is 0.106 e. The molecule has 3 nitrogen and oxygen atoms in total. The Kier molecular flexibility index (Phi) is 4.76. The van der Waals surface area contributed by atoms with Gasteiger partial charge in [-0.25, -0.2) is 0 Å². The third-order valence-corrected chi connectivity index (χ3v) is 5.04. The van der Waals surface area contributed by atoms with E-state index in [1.165, 1.54) is 5.57 Å². The van der Waals surface area contributed by atoms with Gasteiger partial charge in [0.05, 0.1) is 28.0 Å². The number of oxime groups is 1. The molecule has 2 heterocycles. The maximum atomic E-state index is 6.20. The highest BCUT2D eigenvalue weighted by Crippen LogP contribution is 2.42. The first-order chi connectivity index (χ1) is 10.6. The van der Waals surface area contributed by atoms with Crippen LogP contribution in [-0.4, -0.2) is 25.0 Å². The molecule has 0 aliphatic carbocycles. The molecule has 1 fully saturated rings. The molecule has 0 radical (unpaired) electrons. The van der Waals surface area contributed by atoms with Crippen molar-refractivity contribution in [2.24, 2.45) is 5.16 Å². The lowest BCUT2D eigenvalue weighted by Gasteiger charge is -2.28. The Balaban J connectivity index is 2.13. The summed E-state index contributed by atoms with van der Waals surface area (Å²) < 4.78 is 6.09. The van der Waals surface area contributed by atoms with Crippen LogP contribution in [0.5, 0.6) is 0 Å². The largest absolute Gasteiger partial charge is 0.399 e. The summed E-state index contributed by atoms with van der Waals surface area (Å²) in [5.74, 6) is 0. The Morgan fingerprint density at radius 3 is 2.82 bits per heavy atom. The van der Waals surface area contributed by atoms with Gasteiger partial charge in [0.2, 0.25) is 0 Å². The fraction of sp³-hybridized carbons (Fsp3) is 0.471. The first kappa shape index (κ1) is 15.9. The van der Waals surface area contributed by atoms with Crippen molar-refractivity contribution in [3.05, 3.63) is 39.4 Å². The summed E-state index contributed by atoms with van der Waals surface area (Å²) >= 11 is 12.3. The third-order valence-electron chi connectivity index (χ3n) is 4.30. The summed E-state index contributed by atoms with van der Waals surface area (Å²) in [6.45, 7) is 2.08. The Hall–Kier alpha value is -1.03. The van der Waals surface area contributed by atoms with Crippen LogP contribution in [0.3, 0.4) is 0 Å². The first-order valence-corrected chi connectivity index (χ1v) is 8.34. The average molecular weight is 340 g/mol. The monoisotopic (exact) mass is 339 g/mol. The molecule has 2 bridgehead atoms. The van der Waals surface area contributed by atoms with Crippen LogP contribution < -0.4 is 0 Å². The lowest BCUT2D eigenvalue weighted by molar-refractivity contribution is 0.0628. The van der Waals surface area contributed by atoms with Crippen LogP contribution in [0.4, 0.5) is 0 Å². The van der Waals surface area contributed by atoms with Gasteiger partial charge in [-0.3, -0.25) is 0 Å². The number of benzene rings is 1. The molecule has 2 aliphatic rings. The van der Waals surface area contributed by atoms with Gasteiger partial charge in [0.1, 0.15) is 7.11 Å². The number of hydrogen-bond donors (Lipinski definition) is 0. The lowest BCUT2D eigenvalue weighted by Crippen LogP contribution is -2.26. The summed E-state index contributed by atoms with van der Waals surface area (Å²) in [4.78, 5) is 5.03. The SMILES string of the molecule is CCC(=NOC)C1=C(c2ccc(Cl)c(Cl)c2)CC2CCC1O2. The molecule has 0 saturated carbocycles. The molecule has 2 aliphatic heterocycles. The third kappa shape index (κ3) is 2.90. The van der Waals surface area contributed by atoms with Crippen LogP contribution in [0.15, 0.2) is 28.9 Å². The highest BCUT2D eigenvalue weighted by atomic mass is 35.5. The van der Waals surface area contributed by atoms with E-state index in [1.807, 2.05) is 18.2 Å². The standard InChI is InChI=1S/C17H19Cl2NO2/c1-3-15(20-21-2)17-12(9-11-5-7-16(17)22-11)10-4-6-13(18)14(19)8-10/h4,6,8,11,16H,3,5,7,9H2,1-2H3. The minimum atomic E-state index is 0.108. The summed E-state index contributed by atoms with van der Waals surface area (Å²) in [5, 5.41) is 5.37. The summed E-state index contributed by atoms with van der Waals surface area (Å²) in [5.41, 5.74) is 4.47. The minimum absolute atomic E-state index is 0.108. The fourth-order valence-electron chi connectivity index (χ4n) is 3.33. The van der Waals surface area contributed by atoms with Gasteiger partial charge in [-0.2, -0.15) is 0 Å². The number of rotatable bonds is 4. The number of hydrogen-bond acceptors (Lipinski definition) is 3. The quantitative estimate of drug-likeness (QED) is 0.563. The van der Waals surface area contributed by atoms with E-state index >= 15 is 0 Å². The Bertz CT molecular complexity index is 640. The minimum Gasteiger partial charge on any atom is -0.399 e. The molecular formula is C17H19Cl2NO2. The van der Waals surface area contributed by atoms with Gasteiger partial charge in [-0.1, -0.05) is 41.3 Å². The second kappa shape index (κ2) is 6.61. The van der Waals surface area contributed by atoms with E-state index in [4.69, 9.17) is 32.8 Å². The molecule has 0 N–H and O–H groups in total. The molecule has 1 aromatic rings. The predicted molar refractivity (Wildman–Crippen MR) is 90.6 cm³/mol. The number of halogens is 2. The van der Waals surface area contributed by atoms with E-state index in [2.05, 4.69) is 12.1 Å². The molecule has 1 saturated heterocycles. The highest BCUT2D eigenvalue weighted by molar-refractivity contribution is 6.42. The van der Waals surface area contributed by atoms with E-state index in [-0.39, 0.29) is 6.10 Å². The van der Waals surface area contributed by atoms with Gasteiger partial charge in [-0.05, 0) is 49.0 Å². The van der Waals surface area contributed by atoms with Crippen molar-refractivity contribution in [1.29, 1.82) is 0 Å². The zero-order valence-electron chi connectivity index (χ0n) is 12.7. The fourth-order valence-corrected chi connectivity index (χ4v) is 3.63. The molecular weight excluding hydrogens is 321 g/mol. The Labute approximate surface area is 140 Å². The van der Waals surface area contributed by atoms with Crippen molar-refractivity contribution in [3.8, 4) is 0 Å². The molecule has 0 spiro atoms. The van der Waals surface area contributed by atoms with Gasteiger partial charge in [0.15, 0.2) is 0 Å². The topological polar surface area (TPSA) is 30.8 Å². The zero-order chi connectivity index (χ0) is 15.7. The van der Waals surface area contributed by atoms with Crippen molar-refractivity contribution >= 4 is 34.5 Å². The molecule has 5 heteroatoms. The van der Waals surface area contributed by atoms with Crippen LogP contribution in [0.25, 0.3) is 5.57 Å². The van der Waals surface area contributed by atoms with E-state index in [1.54, 1.807) is 7.11 Å². The molecule has 0 aromatic heterocycles. The van der Waals surface area contributed by atoms with E-state index in [9.17, 15) is 0 Å². The first-order valence-electron chi connectivity index (χ1n) is 7.58. The lowest BCUT2D eigenvalue weighted by atomic mass is 9.89. The van der Waals surface area contributed by atoms with Crippen LogP contribution in [0.2, 0.25) is 10.0 Å². The number of fused-ring (bicyclic) bond motifs is 2. The molecule has 118 valence electrons. The maximum absolute atomic E-state index is 6.20. The Morgan fingerprint density at radius 1 is 1.32 bits per heavy atom.